The van der Waals surface area contributed by atoms with E-state index in [1.165, 1.54) is 127 Å². The van der Waals surface area contributed by atoms with Crippen LogP contribution >= 0.6 is 0 Å². The predicted octanol–water partition coefficient (Wildman–Crippen LogP) is 9.85. The lowest BCUT2D eigenvalue weighted by molar-refractivity contribution is 0.392. The second kappa shape index (κ2) is 20.4. The number of ether oxygens (including phenoxy) is 2. The first-order valence-corrected chi connectivity index (χ1v) is 14.0. The molecule has 0 heterocycles. The highest BCUT2D eigenvalue weighted by Gasteiger charge is 2.14. The summed E-state index contributed by atoms with van der Waals surface area (Å²) in [4.78, 5) is 0. The first-order chi connectivity index (χ1) is 15.8. The van der Waals surface area contributed by atoms with Gasteiger partial charge >= 0.3 is 0 Å². The molecule has 0 fully saturated rings. The largest absolute Gasteiger partial charge is 0.496 e. The average molecular weight is 447 g/mol. The number of hydrogen-bond acceptors (Lipinski definition) is 2. The van der Waals surface area contributed by atoms with Crippen LogP contribution in [-0.4, -0.2) is 14.2 Å². The summed E-state index contributed by atoms with van der Waals surface area (Å²) in [5, 5.41) is 0. The summed E-state index contributed by atoms with van der Waals surface area (Å²) in [5.41, 5.74) is 2.80. The van der Waals surface area contributed by atoms with Crippen molar-refractivity contribution >= 4 is 0 Å². The fourth-order valence-electron chi connectivity index (χ4n) is 4.81. The Kier molecular flexibility index (Phi) is 18.4. The van der Waals surface area contributed by atoms with Crippen LogP contribution in [0.25, 0.3) is 0 Å². The van der Waals surface area contributed by atoms with Crippen LogP contribution < -0.4 is 9.47 Å². The van der Waals surface area contributed by atoms with Crippen molar-refractivity contribution < 1.29 is 9.47 Å². The third-order valence-electron chi connectivity index (χ3n) is 6.85. The highest BCUT2D eigenvalue weighted by atomic mass is 16.5. The first-order valence-electron chi connectivity index (χ1n) is 14.0. The van der Waals surface area contributed by atoms with Gasteiger partial charge < -0.3 is 9.47 Å². The number of hydrogen-bond donors (Lipinski definition) is 0. The van der Waals surface area contributed by atoms with Gasteiger partial charge in [0.1, 0.15) is 11.5 Å². The minimum atomic E-state index is 1.05. The Morgan fingerprint density at radius 1 is 0.438 bits per heavy atom. The van der Waals surface area contributed by atoms with Crippen molar-refractivity contribution in [2.75, 3.05) is 14.2 Å². The molecule has 0 amide bonds. The monoisotopic (exact) mass is 446 g/mol. The van der Waals surface area contributed by atoms with Gasteiger partial charge in [0.2, 0.25) is 0 Å². The van der Waals surface area contributed by atoms with Crippen LogP contribution in [0.3, 0.4) is 0 Å². The molecule has 0 bridgehead atoms. The van der Waals surface area contributed by atoms with E-state index in [-0.39, 0.29) is 0 Å². The van der Waals surface area contributed by atoms with Gasteiger partial charge in [0, 0.05) is 11.1 Å². The van der Waals surface area contributed by atoms with Crippen LogP contribution in [0, 0.1) is 0 Å². The van der Waals surface area contributed by atoms with Crippen molar-refractivity contribution in [2.24, 2.45) is 0 Å². The molecule has 0 atom stereocenters. The third kappa shape index (κ3) is 12.8. The molecule has 0 aliphatic heterocycles. The summed E-state index contributed by atoms with van der Waals surface area (Å²) < 4.78 is 11.5. The lowest BCUT2D eigenvalue weighted by Gasteiger charge is -2.18. The predicted molar refractivity (Wildman–Crippen MR) is 141 cm³/mol. The van der Waals surface area contributed by atoms with Crippen molar-refractivity contribution in [3.05, 3.63) is 23.3 Å². The van der Waals surface area contributed by atoms with Crippen LogP contribution in [0.2, 0.25) is 0 Å². The van der Waals surface area contributed by atoms with Crippen molar-refractivity contribution in [1.82, 2.24) is 0 Å². The van der Waals surface area contributed by atoms with Gasteiger partial charge in [0.15, 0.2) is 0 Å². The number of benzene rings is 1. The minimum Gasteiger partial charge on any atom is -0.496 e. The van der Waals surface area contributed by atoms with Crippen molar-refractivity contribution in [3.63, 3.8) is 0 Å². The second-order valence-corrected chi connectivity index (χ2v) is 9.58. The van der Waals surface area contributed by atoms with Gasteiger partial charge in [0.05, 0.1) is 14.2 Å². The molecule has 2 nitrogen and oxygen atoms in total. The van der Waals surface area contributed by atoms with Crippen molar-refractivity contribution in [2.45, 2.75) is 142 Å². The molecule has 0 aromatic heterocycles. The second-order valence-electron chi connectivity index (χ2n) is 9.58. The Labute approximate surface area is 200 Å². The van der Waals surface area contributed by atoms with Crippen LogP contribution in [0.5, 0.6) is 11.5 Å². The maximum absolute atomic E-state index is 5.75. The highest BCUT2D eigenvalue weighted by Crippen LogP contribution is 2.33. The molecule has 0 saturated carbocycles. The van der Waals surface area contributed by atoms with E-state index in [2.05, 4.69) is 26.0 Å². The molecule has 0 spiro atoms. The van der Waals surface area contributed by atoms with Gasteiger partial charge in [-0.1, -0.05) is 117 Å². The van der Waals surface area contributed by atoms with Gasteiger partial charge in [-0.2, -0.15) is 0 Å². The maximum atomic E-state index is 5.75. The minimum absolute atomic E-state index is 1.05. The van der Waals surface area contributed by atoms with E-state index in [0.717, 1.165) is 24.3 Å². The van der Waals surface area contributed by atoms with E-state index >= 15 is 0 Å². The molecule has 186 valence electrons. The number of rotatable bonds is 22. The van der Waals surface area contributed by atoms with Crippen LogP contribution in [0.4, 0.5) is 0 Å². The SMILES string of the molecule is CCCCCCCCCCCc1c(OC)ccc(OC)c1CCCCCCCCCCC. The summed E-state index contributed by atoms with van der Waals surface area (Å²) in [6.45, 7) is 4.58. The van der Waals surface area contributed by atoms with Gasteiger partial charge in [-0.05, 0) is 37.8 Å². The Morgan fingerprint density at radius 3 is 1.00 bits per heavy atom. The normalized spacial score (nSPS) is 11.1. The van der Waals surface area contributed by atoms with Gasteiger partial charge in [-0.3, -0.25) is 0 Å². The fourth-order valence-corrected chi connectivity index (χ4v) is 4.81. The molecule has 1 aromatic rings. The Morgan fingerprint density at radius 2 is 0.719 bits per heavy atom. The molecule has 32 heavy (non-hydrogen) atoms. The van der Waals surface area contributed by atoms with Crippen molar-refractivity contribution in [1.29, 1.82) is 0 Å². The third-order valence-corrected chi connectivity index (χ3v) is 6.85. The topological polar surface area (TPSA) is 18.5 Å². The maximum Gasteiger partial charge on any atom is 0.122 e. The standard InChI is InChI=1S/C30H54O2/c1-5-7-9-11-13-15-17-19-21-23-27-28(30(32-4)26-25-29(27)31-3)24-22-20-18-16-14-12-10-8-6-2/h25-26H,5-24H2,1-4H3. The zero-order chi connectivity index (χ0) is 23.3. The molecule has 0 aliphatic rings. The Bertz CT molecular complexity index is 503. The van der Waals surface area contributed by atoms with E-state index in [1.54, 1.807) is 0 Å². The van der Waals surface area contributed by atoms with Gasteiger partial charge in [-0.25, -0.2) is 0 Å². The van der Waals surface area contributed by atoms with E-state index in [1.807, 2.05) is 14.2 Å². The molecule has 0 unspecified atom stereocenters. The highest BCUT2D eigenvalue weighted by molar-refractivity contribution is 5.49. The first kappa shape index (κ1) is 28.9. The van der Waals surface area contributed by atoms with Crippen molar-refractivity contribution in [3.8, 4) is 11.5 Å². The van der Waals surface area contributed by atoms with Gasteiger partial charge in [-0.15, -0.1) is 0 Å². The Hall–Kier alpha value is -1.18. The molecular weight excluding hydrogens is 392 g/mol. The fraction of sp³-hybridized carbons (Fsp3) is 0.800. The summed E-state index contributed by atoms with van der Waals surface area (Å²) in [7, 11) is 3.62. The molecule has 0 aliphatic carbocycles. The lowest BCUT2D eigenvalue weighted by Crippen LogP contribution is -2.03. The molecule has 1 aromatic carbocycles. The molecule has 0 radical (unpaired) electrons. The Balaban J connectivity index is 2.43. The van der Waals surface area contributed by atoms with Crippen LogP contribution in [0.15, 0.2) is 12.1 Å². The van der Waals surface area contributed by atoms with Crippen LogP contribution in [-0.2, 0) is 12.8 Å². The molecule has 0 N–H and O–H groups in total. The summed E-state index contributed by atoms with van der Waals surface area (Å²) >= 11 is 0. The van der Waals surface area contributed by atoms with E-state index in [0.29, 0.717) is 0 Å². The van der Waals surface area contributed by atoms with E-state index in [9.17, 15) is 0 Å². The van der Waals surface area contributed by atoms with Gasteiger partial charge in [0.25, 0.3) is 0 Å². The van der Waals surface area contributed by atoms with E-state index < -0.39 is 0 Å². The smallest absolute Gasteiger partial charge is 0.122 e. The molecule has 2 heteroatoms. The molecular formula is C30H54O2. The number of methoxy groups -OCH3 is 2. The molecule has 0 saturated heterocycles. The molecule has 1 rings (SSSR count). The quantitative estimate of drug-likeness (QED) is 0.165. The summed E-state index contributed by atoms with van der Waals surface area (Å²) in [5.74, 6) is 2.10. The zero-order valence-corrected chi connectivity index (χ0v) is 22.1. The van der Waals surface area contributed by atoms with Crippen LogP contribution in [0.1, 0.15) is 141 Å². The van der Waals surface area contributed by atoms with E-state index in [4.69, 9.17) is 9.47 Å². The summed E-state index contributed by atoms with van der Waals surface area (Å²) in [6, 6.07) is 4.20. The number of unbranched alkanes of at least 4 members (excludes halogenated alkanes) is 16. The average Bonchev–Trinajstić information content (AvgIpc) is 2.82. The lowest BCUT2D eigenvalue weighted by atomic mass is 9.94. The summed E-state index contributed by atoms with van der Waals surface area (Å²) in [6.07, 6.45) is 26.9. The zero-order valence-electron chi connectivity index (χ0n) is 22.1.